The van der Waals surface area contributed by atoms with Gasteiger partial charge in [0.1, 0.15) is 6.61 Å². The molecule has 94 valence electrons. The van der Waals surface area contributed by atoms with E-state index in [2.05, 4.69) is 4.98 Å². The first-order chi connectivity index (χ1) is 8.24. The maximum atomic E-state index is 11.5. The highest BCUT2D eigenvalue weighted by atomic mass is 16.5. The van der Waals surface area contributed by atoms with Crippen LogP contribution >= 0.6 is 0 Å². The first-order valence-corrected chi connectivity index (χ1v) is 6.23. The molecule has 1 unspecified atom stereocenters. The molecule has 0 amide bonds. The van der Waals surface area contributed by atoms with Crippen molar-refractivity contribution < 1.29 is 9.53 Å². The summed E-state index contributed by atoms with van der Waals surface area (Å²) in [6, 6.07) is 4.01. The molecule has 0 bridgehead atoms. The van der Waals surface area contributed by atoms with Crippen LogP contribution in [0.1, 0.15) is 32.3 Å². The monoisotopic (exact) mass is 235 g/mol. The zero-order valence-electron chi connectivity index (χ0n) is 10.7. The summed E-state index contributed by atoms with van der Waals surface area (Å²) in [7, 11) is 0. The minimum Gasteiger partial charge on any atom is -0.374 e. The van der Waals surface area contributed by atoms with Crippen molar-refractivity contribution in [1.29, 1.82) is 0 Å². The number of pyridine rings is 1. The Morgan fingerprint density at radius 1 is 1.41 bits per heavy atom. The molecule has 0 fully saturated rings. The first-order valence-electron chi connectivity index (χ1n) is 6.23. The van der Waals surface area contributed by atoms with Gasteiger partial charge in [-0.15, -0.1) is 0 Å². The lowest BCUT2D eigenvalue weighted by atomic mass is 10.1. The number of hydrogen-bond donors (Lipinski definition) is 0. The van der Waals surface area contributed by atoms with Gasteiger partial charge in [-0.1, -0.05) is 13.8 Å². The number of nitrogens with zero attached hydrogens (tertiary/aromatic N) is 1. The van der Waals surface area contributed by atoms with Crippen molar-refractivity contribution in [2.45, 2.75) is 33.1 Å². The van der Waals surface area contributed by atoms with Crippen molar-refractivity contribution in [3.05, 3.63) is 30.1 Å². The molecule has 0 saturated carbocycles. The number of Topliss-reactive ketones (excluding diaryl/α,β-unsaturated/α-hetero) is 1. The van der Waals surface area contributed by atoms with Crippen LogP contribution in [-0.2, 0) is 16.0 Å². The Hall–Kier alpha value is -1.22. The number of rotatable bonds is 8. The van der Waals surface area contributed by atoms with Crippen molar-refractivity contribution in [3.63, 3.8) is 0 Å². The van der Waals surface area contributed by atoms with Gasteiger partial charge in [-0.25, -0.2) is 0 Å². The first kappa shape index (κ1) is 13.8. The fraction of sp³-hybridized carbons (Fsp3) is 0.571. The zero-order chi connectivity index (χ0) is 12.5. The fourth-order valence-electron chi connectivity index (χ4n) is 1.47. The van der Waals surface area contributed by atoms with Gasteiger partial charge in [0, 0.05) is 24.9 Å². The summed E-state index contributed by atoms with van der Waals surface area (Å²) in [6.45, 7) is 4.87. The number of aromatic nitrogens is 1. The number of carbonyl (C=O) groups is 1. The summed E-state index contributed by atoms with van der Waals surface area (Å²) in [6.07, 6.45) is 6.39. The summed E-state index contributed by atoms with van der Waals surface area (Å²) in [5.74, 6) is 0.326. The molecule has 1 aromatic rings. The Balaban J connectivity index is 2.07. The van der Waals surface area contributed by atoms with E-state index in [0.717, 1.165) is 19.3 Å². The van der Waals surface area contributed by atoms with Gasteiger partial charge in [-0.3, -0.25) is 9.78 Å². The maximum Gasteiger partial charge on any atom is 0.161 e. The van der Waals surface area contributed by atoms with Crippen LogP contribution in [0.2, 0.25) is 0 Å². The molecule has 1 heterocycles. The molecular weight excluding hydrogens is 214 g/mol. The Morgan fingerprint density at radius 2 is 2.12 bits per heavy atom. The SMILES string of the molecule is CCC(C)C(=O)COCCCc1ccncc1. The van der Waals surface area contributed by atoms with E-state index >= 15 is 0 Å². The Bertz CT molecular complexity index is 324. The third-order valence-corrected chi connectivity index (χ3v) is 2.91. The van der Waals surface area contributed by atoms with Crippen molar-refractivity contribution >= 4 is 5.78 Å². The summed E-state index contributed by atoms with van der Waals surface area (Å²) in [5, 5.41) is 0. The van der Waals surface area contributed by atoms with Crippen LogP contribution < -0.4 is 0 Å². The highest BCUT2D eigenvalue weighted by molar-refractivity contribution is 5.81. The summed E-state index contributed by atoms with van der Waals surface area (Å²) in [5.41, 5.74) is 1.26. The van der Waals surface area contributed by atoms with Gasteiger partial charge >= 0.3 is 0 Å². The number of carbonyl (C=O) groups excluding carboxylic acids is 1. The van der Waals surface area contributed by atoms with Crippen LogP contribution in [-0.4, -0.2) is 24.0 Å². The zero-order valence-corrected chi connectivity index (χ0v) is 10.7. The van der Waals surface area contributed by atoms with E-state index in [-0.39, 0.29) is 18.3 Å². The molecule has 0 radical (unpaired) electrons. The summed E-state index contributed by atoms with van der Waals surface area (Å²) in [4.78, 5) is 15.4. The van der Waals surface area contributed by atoms with E-state index < -0.39 is 0 Å². The highest BCUT2D eigenvalue weighted by Crippen LogP contribution is 2.04. The van der Waals surface area contributed by atoms with Gasteiger partial charge in [0.05, 0.1) is 0 Å². The molecule has 1 atom stereocenters. The van der Waals surface area contributed by atoms with E-state index in [4.69, 9.17) is 4.74 Å². The van der Waals surface area contributed by atoms with Gasteiger partial charge in [0.2, 0.25) is 0 Å². The number of aryl methyl sites for hydroxylation is 1. The van der Waals surface area contributed by atoms with Crippen LogP contribution in [0, 0.1) is 5.92 Å². The predicted octanol–water partition coefficient (Wildman–Crippen LogP) is 2.65. The summed E-state index contributed by atoms with van der Waals surface area (Å²) < 4.78 is 5.37. The third-order valence-electron chi connectivity index (χ3n) is 2.91. The second-order valence-corrected chi connectivity index (χ2v) is 4.29. The molecule has 3 nitrogen and oxygen atoms in total. The lowest BCUT2D eigenvalue weighted by molar-refractivity contribution is -0.127. The smallest absolute Gasteiger partial charge is 0.161 e. The molecule has 1 rings (SSSR count). The van der Waals surface area contributed by atoms with Crippen molar-refractivity contribution in [3.8, 4) is 0 Å². The average Bonchev–Trinajstić information content (AvgIpc) is 2.38. The largest absolute Gasteiger partial charge is 0.374 e. The Morgan fingerprint density at radius 3 is 2.76 bits per heavy atom. The molecular formula is C14H21NO2. The molecule has 3 heteroatoms. The van der Waals surface area contributed by atoms with Gasteiger partial charge in [-0.05, 0) is 37.0 Å². The minimum atomic E-state index is 0.121. The number of ether oxygens (including phenoxy) is 1. The summed E-state index contributed by atoms with van der Waals surface area (Å²) >= 11 is 0. The number of hydrogen-bond acceptors (Lipinski definition) is 3. The lowest BCUT2D eigenvalue weighted by Crippen LogP contribution is -2.17. The van der Waals surface area contributed by atoms with Gasteiger partial charge in [0.15, 0.2) is 5.78 Å². The normalized spacial score (nSPS) is 12.4. The molecule has 0 spiro atoms. The van der Waals surface area contributed by atoms with Crippen molar-refractivity contribution in [1.82, 2.24) is 4.98 Å². The van der Waals surface area contributed by atoms with Crippen LogP contribution in [0.15, 0.2) is 24.5 Å². The predicted molar refractivity (Wildman–Crippen MR) is 67.8 cm³/mol. The second kappa shape index (κ2) is 7.96. The van der Waals surface area contributed by atoms with Crippen LogP contribution in [0.3, 0.4) is 0 Å². The molecule has 0 aliphatic carbocycles. The molecule has 0 aromatic carbocycles. The van der Waals surface area contributed by atoms with Crippen molar-refractivity contribution in [2.75, 3.05) is 13.2 Å². The molecule has 1 aromatic heterocycles. The Kier molecular flexibility index (Phi) is 6.48. The van der Waals surface area contributed by atoms with Crippen LogP contribution in [0.5, 0.6) is 0 Å². The van der Waals surface area contributed by atoms with E-state index in [1.807, 2.05) is 26.0 Å². The van der Waals surface area contributed by atoms with E-state index in [1.54, 1.807) is 12.4 Å². The topological polar surface area (TPSA) is 39.2 Å². The quantitative estimate of drug-likeness (QED) is 0.650. The average molecular weight is 235 g/mol. The van der Waals surface area contributed by atoms with E-state index in [9.17, 15) is 4.79 Å². The van der Waals surface area contributed by atoms with E-state index in [1.165, 1.54) is 5.56 Å². The standard InChI is InChI=1S/C14H21NO2/c1-3-12(2)14(16)11-17-10-4-5-13-6-8-15-9-7-13/h6-9,12H,3-5,10-11H2,1-2H3. The molecule has 0 N–H and O–H groups in total. The van der Waals surface area contributed by atoms with Crippen LogP contribution in [0.4, 0.5) is 0 Å². The Labute approximate surface area is 103 Å². The van der Waals surface area contributed by atoms with Gasteiger partial charge in [-0.2, -0.15) is 0 Å². The molecule has 0 aliphatic heterocycles. The number of ketones is 1. The fourth-order valence-corrected chi connectivity index (χ4v) is 1.47. The van der Waals surface area contributed by atoms with Gasteiger partial charge < -0.3 is 4.74 Å². The molecule has 0 saturated heterocycles. The maximum absolute atomic E-state index is 11.5. The van der Waals surface area contributed by atoms with E-state index in [0.29, 0.717) is 6.61 Å². The highest BCUT2D eigenvalue weighted by Gasteiger charge is 2.09. The van der Waals surface area contributed by atoms with Gasteiger partial charge in [0.25, 0.3) is 0 Å². The van der Waals surface area contributed by atoms with Crippen molar-refractivity contribution in [2.24, 2.45) is 5.92 Å². The van der Waals surface area contributed by atoms with Crippen LogP contribution in [0.25, 0.3) is 0 Å². The minimum absolute atomic E-state index is 0.121. The second-order valence-electron chi connectivity index (χ2n) is 4.29. The molecule has 17 heavy (non-hydrogen) atoms. The lowest BCUT2D eigenvalue weighted by Gasteiger charge is -2.08. The molecule has 0 aliphatic rings. The third kappa shape index (κ3) is 5.59.